The van der Waals surface area contributed by atoms with E-state index in [9.17, 15) is 14.5 Å². The van der Waals surface area contributed by atoms with Gasteiger partial charge in [-0.2, -0.15) is 0 Å². The molecule has 0 saturated heterocycles. The number of benzene rings is 1. The van der Waals surface area contributed by atoms with Crippen LogP contribution in [0.1, 0.15) is 5.69 Å². The number of nitrogens with one attached hydrogen (secondary N) is 1. The molecular weight excluding hydrogens is 249 g/mol. The van der Waals surface area contributed by atoms with Gasteiger partial charge in [-0.3, -0.25) is 15.1 Å². The Labute approximate surface area is 109 Å². The van der Waals surface area contributed by atoms with E-state index in [2.05, 4.69) is 10.3 Å². The van der Waals surface area contributed by atoms with Crippen LogP contribution in [0.4, 0.5) is 15.8 Å². The second-order valence-corrected chi connectivity index (χ2v) is 3.92. The Hall–Kier alpha value is -2.50. The predicted octanol–water partition coefficient (Wildman–Crippen LogP) is 2.78. The van der Waals surface area contributed by atoms with Crippen molar-refractivity contribution >= 4 is 11.4 Å². The first-order valence-corrected chi connectivity index (χ1v) is 5.74. The molecule has 0 bridgehead atoms. The number of halogens is 1. The van der Waals surface area contributed by atoms with Crippen LogP contribution < -0.4 is 5.32 Å². The summed E-state index contributed by atoms with van der Waals surface area (Å²) in [6.07, 6.45) is 2.32. The van der Waals surface area contributed by atoms with Gasteiger partial charge < -0.3 is 5.32 Å². The van der Waals surface area contributed by atoms with Gasteiger partial charge in [-0.25, -0.2) is 4.39 Å². The monoisotopic (exact) mass is 261 g/mol. The molecule has 1 N–H and O–H groups in total. The maximum atomic E-state index is 13.0. The molecule has 0 unspecified atom stereocenters. The van der Waals surface area contributed by atoms with E-state index in [4.69, 9.17) is 0 Å². The van der Waals surface area contributed by atoms with Crippen molar-refractivity contribution in [2.24, 2.45) is 0 Å². The zero-order chi connectivity index (χ0) is 13.7. The van der Waals surface area contributed by atoms with Crippen LogP contribution in [-0.2, 0) is 6.42 Å². The van der Waals surface area contributed by atoms with E-state index >= 15 is 0 Å². The molecule has 1 aromatic heterocycles. The second-order valence-electron chi connectivity index (χ2n) is 3.92. The Morgan fingerprint density at radius 2 is 2.16 bits per heavy atom. The van der Waals surface area contributed by atoms with Gasteiger partial charge in [0, 0.05) is 24.9 Å². The molecule has 0 aliphatic heterocycles. The maximum absolute atomic E-state index is 13.0. The highest BCUT2D eigenvalue weighted by molar-refractivity contribution is 5.61. The minimum atomic E-state index is -0.623. The Bertz CT molecular complexity index is 575. The number of rotatable bonds is 5. The van der Waals surface area contributed by atoms with Crippen LogP contribution >= 0.6 is 0 Å². The molecule has 5 nitrogen and oxygen atoms in total. The van der Waals surface area contributed by atoms with Gasteiger partial charge in [0.15, 0.2) is 0 Å². The highest BCUT2D eigenvalue weighted by Gasteiger charge is 2.14. The molecule has 0 amide bonds. The third kappa shape index (κ3) is 3.48. The first kappa shape index (κ1) is 12.9. The maximum Gasteiger partial charge on any atom is 0.295 e. The third-order valence-electron chi connectivity index (χ3n) is 2.58. The van der Waals surface area contributed by atoms with Gasteiger partial charge in [0.05, 0.1) is 11.0 Å². The average Bonchev–Trinajstić information content (AvgIpc) is 2.41. The van der Waals surface area contributed by atoms with Gasteiger partial charge in [-0.05, 0) is 24.3 Å². The fourth-order valence-electron chi connectivity index (χ4n) is 1.68. The molecule has 0 radical (unpaired) electrons. The van der Waals surface area contributed by atoms with E-state index < -0.39 is 10.7 Å². The summed E-state index contributed by atoms with van der Waals surface area (Å²) in [4.78, 5) is 14.3. The second kappa shape index (κ2) is 5.90. The standard InChI is InChI=1S/C13H12FN3O2/c14-10-4-5-12(13(9-10)17(18)19)16-8-6-11-3-1-2-7-15-11/h1-5,7,9,16H,6,8H2. The number of pyridine rings is 1. The zero-order valence-corrected chi connectivity index (χ0v) is 10.0. The van der Waals surface area contributed by atoms with E-state index in [1.54, 1.807) is 6.20 Å². The van der Waals surface area contributed by atoms with Crippen molar-refractivity contribution in [3.63, 3.8) is 0 Å². The predicted molar refractivity (Wildman–Crippen MR) is 69.5 cm³/mol. The van der Waals surface area contributed by atoms with Gasteiger partial charge in [-0.1, -0.05) is 6.07 Å². The highest BCUT2D eigenvalue weighted by atomic mass is 19.1. The fraction of sp³-hybridized carbons (Fsp3) is 0.154. The Balaban J connectivity index is 2.02. The summed E-state index contributed by atoms with van der Waals surface area (Å²) in [7, 11) is 0. The molecule has 0 aliphatic carbocycles. The van der Waals surface area contributed by atoms with Crippen LogP contribution in [0, 0.1) is 15.9 Å². The smallest absolute Gasteiger partial charge is 0.295 e. The van der Waals surface area contributed by atoms with Crippen molar-refractivity contribution in [2.75, 3.05) is 11.9 Å². The quantitative estimate of drug-likeness (QED) is 0.663. The Morgan fingerprint density at radius 1 is 1.32 bits per heavy atom. The van der Waals surface area contributed by atoms with Gasteiger partial charge >= 0.3 is 0 Å². The molecule has 0 saturated carbocycles. The molecular formula is C13H12FN3O2. The van der Waals surface area contributed by atoms with Gasteiger partial charge in [0.2, 0.25) is 0 Å². The van der Waals surface area contributed by atoms with Crippen molar-refractivity contribution in [1.82, 2.24) is 4.98 Å². The molecule has 0 aliphatic rings. The summed E-state index contributed by atoms with van der Waals surface area (Å²) in [6.45, 7) is 0.490. The summed E-state index contributed by atoms with van der Waals surface area (Å²) < 4.78 is 13.0. The van der Waals surface area contributed by atoms with E-state index in [0.29, 0.717) is 18.7 Å². The van der Waals surface area contributed by atoms with Crippen molar-refractivity contribution in [1.29, 1.82) is 0 Å². The molecule has 98 valence electrons. The molecule has 0 fully saturated rings. The van der Waals surface area contributed by atoms with Crippen molar-refractivity contribution in [3.05, 3.63) is 64.2 Å². The van der Waals surface area contributed by atoms with Crippen LogP contribution in [0.15, 0.2) is 42.6 Å². The van der Waals surface area contributed by atoms with Gasteiger partial charge in [-0.15, -0.1) is 0 Å². The zero-order valence-electron chi connectivity index (χ0n) is 10.0. The van der Waals surface area contributed by atoms with Crippen molar-refractivity contribution in [2.45, 2.75) is 6.42 Å². The number of aromatic nitrogens is 1. The first-order chi connectivity index (χ1) is 9.16. The SMILES string of the molecule is O=[N+]([O-])c1cc(F)ccc1NCCc1ccccn1. The van der Waals surface area contributed by atoms with Crippen LogP contribution in [0.25, 0.3) is 0 Å². The lowest BCUT2D eigenvalue weighted by Gasteiger charge is -2.06. The topological polar surface area (TPSA) is 68.1 Å². The van der Waals surface area contributed by atoms with E-state index in [-0.39, 0.29) is 5.69 Å². The van der Waals surface area contributed by atoms with Gasteiger partial charge in [0.25, 0.3) is 5.69 Å². The number of nitro groups is 1. The summed E-state index contributed by atoms with van der Waals surface area (Å²) in [6, 6.07) is 9.04. The fourth-order valence-corrected chi connectivity index (χ4v) is 1.68. The molecule has 2 rings (SSSR count). The summed E-state index contributed by atoms with van der Waals surface area (Å²) >= 11 is 0. The number of nitrogens with zero attached hydrogens (tertiary/aromatic N) is 2. The molecule has 1 heterocycles. The molecule has 6 heteroatoms. The molecule has 0 spiro atoms. The largest absolute Gasteiger partial charge is 0.379 e. The lowest BCUT2D eigenvalue weighted by atomic mass is 10.2. The van der Waals surface area contributed by atoms with Crippen LogP contribution in [0.5, 0.6) is 0 Å². The summed E-state index contributed by atoms with van der Waals surface area (Å²) in [5.74, 6) is -0.623. The number of hydrogen-bond acceptors (Lipinski definition) is 4. The first-order valence-electron chi connectivity index (χ1n) is 5.74. The lowest BCUT2D eigenvalue weighted by Crippen LogP contribution is -2.07. The normalized spacial score (nSPS) is 10.2. The number of anilines is 1. The Kier molecular flexibility index (Phi) is 4.02. The molecule has 19 heavy (non-hydrogen) atoms. The van der Waals surface area contributed by atoms with Crippen molar-refractivity contribution in [3.8, 4) is 0 Å². The lowest BCUT2D eigenvalue weighted by molar-refractivity contribution is -0.384. The Morgan fingerprint density at radius 3 is 2.84 bits per heavy atom. The average molecular weight is 261 g/mol. The van der Waals surface area contributed by atoms with E-state index in [1.165, 1.54) is 12.1 Å². The third-order valence-corrected chi connectivity index (χ3v) is 2.58. The van der Waals surface area contributed by atoms with Crippen LogP contribution in [0.3, 0.4) is 0 Å². The molecule has 1 aromatic carbocycles. The van der Waals surface area contributed by atoms with E-state index in [1.807, 2.05) is 18.2 Å². The van der Waals surface area contributed by atoms with E-state index in [0.717, 1.165) is 11.8 Å². The van der Waals surface area contributed by atoms with Gasteiger partial charge in [0.1, 0.15) is 11.5 Å². The minimum Gasteiger partial charge on any atom is -0.379 e. The summed E-state index contributed by atoms with van der Waals surface area (Å²) in [5.41, 5.74) is 0.933. The highest BCUT2D eigenvalue weighted by Crippen LogP contribution is 2.24. The molecule has 2 aromatic rings. The minimum absolute atomic E-state index is 0.263. The molecule has 0 atom stereocenters. The van der Waals surface area contributed by atoms with Crippen molar-refractivity contribution < 1.29 is 9.31 Å². The summed E-state index contributed by atoms with van der Waals surface area (Å²) in [5, 5.41) is 13.7. The van der Waals surface area contributed by atoms with Crippen LogP contribution in [0.2, 0.25) is 0 Å². The van der Waals surface area contributed by atoms with Crippen LogP contribution in [-0.4, -0.2) is 16.5 Å². The number of hydrogen-bond donors (Lipinski definition) is 1. The number of nitro benzene ring substituents is 1.